The molecule has 0 aliphatic rings. The van der Waals surface area contributed by atoms with Crippen LogP contribution in [-0.2, 0) is 13.0 Å². The number of aliphatic imine (C=N–C) groups is 1. The van der Waals surface area contributed by atoms with Gasteiger partial charge in [-0.2, -0.15) is 11.3 Å². The summed E-state index contributed by atoms with van der Waals surface area (Å²) >= 11 is 1.74. The van der Waals surface area contributed by atoms with Crippen LogP contribution in [0.1, 0.15) is 31.2 Å². The van der Waals surface area contributed by atoms with Crippen LogP contribution in [0.2, 0.25) is 0 Å². The van der Waals surface area contributed by atoms with E-state index in [1.54, 1.807) is 24.7 Å². The number of nitrogens with zero attached hydrogens (tertiary/aromatic N) is 4. The molecule has 0 fully saturated rings. The van der Waals surface area contributed by atoms with Crippen molar-refractivity contribution < 1.29 is 0 Å². The lowest BCUT2D eigenvalue weighted by molar-refractivity contribution is 0.627. The average molecular weight is 320 g/mol. The van der Waals surface area contributed by atoms with E-state index in [0.29, 0.717) is 5.92 Å². The van der Waals surface area contributed by atoms with Crippen LogP contribution >= 0.6 is 11.3 Å². The number of nitrogens with one attached hydrogen (secondary N) is 2. The van der Waals surface area contributed by atoms with E-state index < -0.39 is 0 Å². The molecule has 2 aromatic rings. The molecule has 6 nitrogen and oxygen atoms in total. The summed E-state index contributed by atoms with van der Waals surface area (Å²) < 4.78 is 2.06. The van der Waals surface area contributed by atoms with Crippen molar-refractivity contribution in [3.05, 3.63) is 34.5 Å². The molecule has 0 bridgehead atoms. The molecule has 0 spiro atoms. The largest absolute Gasteiger partial charge is 0.356 e. The van der Waals surface area contributed by atoms with Crippen LogP contribution in [0.25, 0.3) is 0 Å². The van der Waals surface area contributed by atoms with E-state index in [-0.39, 0.29) is 0 Å². The molecule has 1 unspecified atom stereocenters. The molecule has 22 heavy (non-hydrogen) atoms. The van der Waals surface area contributed by atoms with E-state index in [4.69, 9.17) is 0 Å². The molecule has 2 rings (SSSR count). The van der Waals surface area contributed by atoms with Crippen LogP contribution in [0.3, 0.4) is 0 Å². The van der Waals surface area contributed by atoms with Gasteiger partial charge in [0.2, 0.25) is 0 Å². The van der Waals surface area contributed by atoms with Crippen molar-refractivity contribution >= 4 is 17.3 Å². The van der Waals surface area contributed by atoms with E-state index in [0.717, 1.165) is 37.8 Å². The van der Waals surface area contributed by atoms with Gasteiger partial charge in [-0.25, -0.2) is 0 Å². The Balaban J connectivity index is 1.73. The highest BCUT2D eigenvalue weighted by atomic mass is 32.1. The van der Waals surface area contributed by atoms with Gasteiger partial charge in [0.15, 0.2) is 5.96 Å². The summed E-state index contributed by atoms with van der Waals surface area (Å²) in [7, 11) is 1.79. The van der Waals surface area contributed by atoms with E-state index in [1.807, 2.05) is 0 Å². The standard InChI is InChI=1S/C15H24N6S/c1-4-14-20-19-11-21(14)7-6-17-15(16-3)18-9-12(2)13-5-8-22-10-13/h5,8,10-12H,4,6-7,9H2,1-3H3,(H2,16,17,18). The lowest BCUT2D eigenvalue weighted by Crippen LogP contribution is -2.40. The predicted octanol–water partition coefficient (Wildman–Crippen LogP) is 1.87. The molecule has 0 saturated heterocycles. The van der Waals surface area contributed by atoms with Gasteiger partial charge in [-0.05, 0) is 28.3 Å². The van der Waals surface area contributed by atoms with Gasteiger partial charge >= 0.3 is 0 Å². The second kappa shape index (κ2) is 8.53. The van der Waals surface area contributed by atoms with Gasteiger partial charge in [-0.15, -0.1) is 10.2 Å². The SMILES string of the molecule is CCc1nncn1CCNC(=NC)NCC(C)c1ccsc1. The van der Waals surface area contributed by atoms with Crippen molar-refractivity contribution in [1.29, 1.82) is 0 Å². The van der Waals surface area contributed by atoms with Gasteiger partial charge in [-0.1, -0.05) is 13.8 Å². The first-order valence-corrected chi connectivity index (χ1v) is 8.52. The molecule has 0 aliphatic heterocycles. The fourth-order valence-corrected chi connectivity index (χ4v) is 2.96. The topological polar surface area (TPSA) is 67.1 Å². The summed E-state index contributed by atoms with van der Waals surface area (Å²) in [6, 6.07) is 2.17. The van der Waals surface area contributed by atoms with Gasteiger partial charge in [0.25, 0.3) is 0 Å². The maximum absolute atomic E-state index is 4.26. The zero-order valence-corrected chi connectivity index (χ0v) is 14.2. The number of hydrogen-bond acceptors (Lipinski definition) is 4. The predicted molar refractivity (Wildman–Crippen MR) is 91.5 cm³/mol. The quantitative estimate of drug-likeness (QED) is 0.604. The second-order valence-corrected chi connectivity index (χ2v) is 5.91. The van der Waals surface area contributed by atoms with E-state index in [1.165, 1.54) is 5.56 Å². The number of aromatic nitrogens is 3. The van der Waals surface area contributed by atoms with Gasteiger partial charge in [0, 0.05) is 33.1 Å². The summed E-state index contributed by atoms with van der Waals surface area (Å²) in [5.74, 6) is 2.30. The minimum Gasteiger partial charge on any atom is -0.356 e. The van der Waals surface area contributed by atoms with Crippen molar-refractivity contribution in [3.8, 4) is 0 Å². The van der Waals surface area contributed by atoms with Crippen molar-refractivity contribution in [2.75, 3.05) is 20.1 Å². The third kappa shape index (κ3) is 4.56. The average Bonchev–Trinajstić information content (AvgIpc) is 3.21. The fraction of sp³-hybridized carbons (Fsp3) is 0.533. The Morgan fingerprint density at radius 1 is 1.45 bits per heavy atom. The second-order valence-electron chi connectivity index (χ2n) is 5.13. The monoisotopic (exact) mass is 320 g/mol. The first kappa shape index (κ1) is 16.5. The molecule has 0 saturated carbocycles. The zero-order chi connectivity index (χ0) is 15.8. The van der Waals surface area contributed by atoms with Crippen LogP contribution in [0.15, 0.2) is 28.1 Å². The van der Waals surface area contributed by atoms with Gasteiger partial charge in [0.1, 0.15) is 12.2 Å². The van der Waals surface area contributed by atoms with Gasteiger partial charge < -0.3 is 15.2 Å². The Hall–Kier alpha value is -1.89. The third-order valence-electron chi connectivity index (χ3n) is 3.57. The first-order chi connectivity index (χ1) is 10.7. The lowest BCUT2D eigenvalue weighted by Gasteiger charge is -2.15. The fourth-order valence-electron chi connectivity index (χ4n) is 2.18. The van der Waals surface area contributed by atoms with Gasteiger partial charge in [-0.3, -0.25) is 4.99 Å². The Labute approximate surface area is 135 Å². The van der Waals surface area contributed by atoms with Crippen LogP contribution in [0.4, 0.5) is 0 Å². The normalized spacial score (nSPS) is 13.1. The molecule has 2 heterocycles. The molecule has 7 heteroatoms. The van der Waals surface area contributed by atoms with E-state index in [9.17, 15) is 0 Å². The highest BCUT2D eigenvalue weighted by Crippen LogP contribution is 2.16. The van der Waals surface area contributed by atoms with Crippen molar-refractivity contribution in [2.24, 2.45) is 4.99 Å². The number of hydrogen-bond donors (Lipinski definition) is 2. The smallest absolute Gasteiger partial charge is 0.191 e. The van der Waals surface area contributed by atoms with Crippen LogP contribution in [0, 0.1) is 0 Å². The molecule has 0 aromatic carbocycles. The number of aryl methyl sites for hydroxylation is 1. The maximum Gasteiger partial charge on any atom is 0.191 e. The van der Waals surface area contributed by atoms with E-state index in [2.05, 4.69) is 61.1 Å². The maximum atomic E-state index is 4.26. The molecule has 1 atom stereocenters. The molecule has 2 N–H and O–H groups in total. The first-order valence-electron chi connectivity index (χ1n) is 7.57. The van der Waals surface area contributed by atoms with Crippen LogP contribution < -0.4 is 10.6 Å². The Morgan fingerprint density at radius 3 is 3.00 bits per heavy atom. The highest BCUT2D eigenvalue weighted by molar-refractivity contribution is 7.07. The highest BCUT2D eigenvalue weighted by Gasteiger charge is 2.07. The minimum absolute atomic E-state index is 0.467. The van der Waals surface area contributed by atoms with Crippen molar-refractivity contribution in [3.63, 3.8) is 0 Å². The zero-order valence-electron chi connectivity index (χ0n) is 13.4. The lowest BCUT2D eigenvalue weighted by atomic mass is 10.1. The molecule has 2 aromatic heterocycles. The Morgan fingerprint density at radius 2 is 2.32 bits per heavy atom. The van der Waals surface area contributed by atoms with Crippen LogP contribution in [-0.4, -0.2) is 40.9 Å². The van der Waals surface area contributed by atoms with Crippen molar-refractivity contribution in [2.45, 2.75) is 32.7 Å². The molecule has 0 aliphatic carbocycles. The summed E-state index contributed by atoms with van der Waals surface area (Å²) in [5, 5.41) is 19.0. The number of rotatable bonds is 7. The Kier molecular flexibility index (Phi) is 6.39. The summed E-state index contributed by atoms with van der Waals surface area (Å²) in [5.41, 5.74) is 1.37. The number of thiophene rings is 1. The van der Waals surface area contributed by atoms with Gasteiger partial charge in [0.05, 0.1) is 0 Å². The summed E-state index contributed by atoms with van der Waals surface area (Å²) in [6.07, 6.45) is 2.67. The van der Waals surface area contributed by atoms with Crippen LogP contribution in [0.5, 0.6) is 0 Å². The number of guanidine groups is 1. The summed E-state index contributed by atoms with van der Waals surface area (Å²) in [4.78, 5) is 4.26. The molecular weight excluding hydrogens is 296 g/mol. The van der Waals surface area contributed by atoms with Crippen molar-refractivity contribution in [1.82, 2.24) is 25.4 Å². The third-order valence-corrected chi connectivity index (χ3v) is 4.27. The van der Waals surface area contributed by atoms with E-state index >= 15 is 0 Å². The molecule has 0 amide bonds. The molecule has 120 valence electrons. The molecular formula is C15H24N6S. The summed E-state index contributed by atoms with van der Waals surface area (Å²) in [6.45, 7) is 6.78. The minimum atomic E-state index is 0.467. The Bertz CT molecular complexity index is 575. The molecule has 0 radical (unpaired) electrons.